The van der Waals surface area contributed by atoms with Crippen molar-refractivity contribution in [3.63, 3.8) is 0 Å². The normalized spacial score (nSPS) is 10.9. The molecule has 0 atom stereocenters. The second-order valence-electron chi connectivity index (χ2n) is 6.66. The van der Waals surface area contributed by atoms with E-state index in [1.54, 1.807) is 0 Å². The number of hydrogen-bond donors (Lipinski definition) is 0. The van der Waals surface area contributed by atoms with E-state index >= 15 is 0 Å². The van der Waals surface area contributed by atoms with E-state index in [2.05, 4.69) is 78.4 Å². The third-order valence-electron chi connectivity index (χ3n) is 4.60. The van der Waals surface area contributed by atoms with Gasteiger partial charge < -0.3 is 4.57 Å². The molecule has 0 unspecified atom stereocenters. The van der Waals surface area contributed by atoms with Gasteiger partial charge >= 0.3 is 0 Å². The zero-order valence-electron chi connectivity index (χ0n) is 15.2. The molecule has 1 aromatic heterocycles. The highest BCUT2D eigenvalue weighted by Gasteiger charge is 2.10. The lowest BCUT2D eigenvalue weighted by Gasteiger charge is -2.07. The van der Waals surface area contributed by atoms with E-state index in [1.165, 1.54) is 36.1 Å². The van der Waals surface area contributed by atoms with Gasteiger partial charge in [-0.25, -0.2) is 4.98 Å². The molecule has 0 aliphatic rings. The second-order valence-corrected chi connectivity index (χ2v) is 6.66. The van der Waals surface area contributed by atoms with Gasteiger partial charge in [-0.3, -0.25) is 0 Å². The number of benzene rings is 2. The first-order valence-electron chi connectivity index (χ1n) is 9.52. The van der Waals surface area contributed by atoms with Crippen LogP contribution in [0.3, 0.4) is 0 Å². The molecular formula is C23H28N2. The lowest BCUT2D eigenvalue weighted by molar-refractivity contribution is 0.605. The molecule has 0 N–H and O–H groups in total. The maximum Gasteiger partial charge on any atom is 0.140 e. The number of hydrogen-bond acceptors (Lipinski definition) is 1. The fourth-order valence-corrected chi connectivity index (χ4v) is 3.23. The number of aryl methyl sites for hydroxylation is 3. The van der Waals surface area contributed by atoms with E-state index in [4.69, 9.17) is 4.98 Å². The molecule has 0 aliphatic carbocycles. The van der Waals surface area contributed by atoms with Gasteiger partial charge in [0.1, 0.15) is 5.82 Å². The summed E-state index contributed by atoms with van der Waals surface area (Å²) in [4.78, 5) is 4.95. The first-order chi connectivity index (χ1) is 12.4. The van der Waals surface area contributed by atoms with Gasteiger partial charge in [-0.2, -0.15) is 0 Å². The topological polar surface area (TPSA) is 17.8 Å². The molecule has 0 fully saturated rings. The van der Waals surface area contributed by atoms with Crippen LogP contribution in [0.4, 0.5) is 0 Å². The van der Waals surface area contributed by atoms with E-state index < -0.39 is 0 Å². The van der Waals surface area contributed by atoms with Crippen molar-refractivity contribution in [2.24, 2.45) is 0 Å². The number of imidazole rings is 1. The highest BCUT2D eigenvalue weighted by atomic mass is 15.1. The molecular weight excluding hydrogens is 304 g/mol. The standard InChI is InChI=1S/C23H28N2/c1-2-3-10-18-25-19-22(17-11-14-20-12-6-4-7-13-20)24-23(25)21-15-8-5-9-16-21/h4-9,12-13,15-16,19H,2-3,10-11,14,17-18H2,1H3. The molecule has 0 spiro atoms. The maximum absolute atomic E-state index is 4.95. The Labute approximate surface area is 151 Å². The van der Waals surface area contributed by atoms with Gasteiger partial charge in [0.05, 0.1) is 5.69 Å². The number of aromatic nitrogens is 2. The van der Waals surface area contributed by atoms with Crippen molar-refractivity contribution in [1.82, 2.24) is 9.55 Å². The van der Waals surface area contributed by atoms with E-state index in [1.807, 2.05) is 0 Å². The Bertz CT molecular complexity index is 744. The second kappa shape index (κ2) is 9.22. The minimum absolute atomic E-state index is 1.04. The molecule has 3 aromatic rings. The Morgan fingerprint density at radius 3 is 2.24 bits per heavy atom. The molecule has 3 rings (SSSR count). The molecule has 0 amide bonds. The van der Waals surface area contributed by atoms with E-state index in [0.29, 0.717) is 0 Å². The van der Waals surface area contributed by atoms with Gasteiger partial charge in [0.15, 0.2) is 0 Å². The Kier molecular flexibility index (Phi) is 6.44. The zero-order chi connectivity index (χ0) is 17.3. The first-order valence-corrected chi connectivity index (χ1v) is 9.52. The van der Waals surface area contributed by atoms with E-state index in [0.717, 1.165) is 31.6 Å². The highest BCUT2D eigenvalue weighted by Crippen LogP contribution is 2.20. The van der Waals surface area contributed by atoms with Crippen LogP contribution in [0.5, 0.6) is 0 Å². The van der Waals surface area contributed by atoms with Gasteiger partial charge in [0, 0.05) is 18.3 Å². The maximum atomic E-state index is 4.95. The number of nitrogens with zero attached hydrogens (tertiary/aromatic N) is 2. The van der Waals surface area contributed by atoms with Crippen LogP contribution < -0.4 is 0 Å². The van der Waals surface area contributed by atoms with E-state index in [9.17, 15) is 0 Å². The van der Waals surface area contributed by atoms with Crippen LogP contribution in [0.15, 0.2) is 66.9 Å². The summed E-state index contributed by atoms with van der Waals surface area (Å²) in [5.41, 5.74) is 3.84. The molecule has 0 bridgehead atoms. The van der Waals surface area contributed by atoms with Crippen molar-refractivity contribution in [2.45, 2.75) is 52.0 Å². The van der Waals surface area contributed by atoms with Gasteiger partial charge in [0.2, 0.25) is 0 Å². The summed E-state index contributed by atoms with van der Waals surface area (Å²) < 4.78 is 2.35. The van der Waals surface area contributed by atoms with Gasteiger partial charge in [-0.05, 0) is 31.2 Å². The molecule has 25 heavy (non-hydrogen) atoms. The third-order valence-corrected chi connectivity index (χ3v) is 4.60. The Morgan fingerprint density at radius 1 is 0.800 bits per heavy atom. The predicted molar refractivity (Wildman–Crippen MR) is 106 cm³/mol. The Morgan fingerprint density at radius 2 is 1.52 bits per heavy atom. The summed E-state index contributed by atoms with van der Waals surface area (Å²) >= 11 is 0. The SMILES string of the molecule is CCCCCn1cc(CCCc2ccccc2)nc1-c1ccccc1. The van der Waals surface area contributed by atoms with Crippen LogP contribution in [-0.4, -0.2) is 9.55 Å². The lowest BCUT2D eigenvalue weighted by atomic mass is 10.1. The number of unbranched alkanes of at least 4 members (excludes halogenated alkanes) is 2. The van der Waals surface area contributed by atoms with Crippen LogP contribution in [0, 0.1) is 0 Å². The summed E-state index contributed by atoms with van der Waals surface area (Å²) in [6, 6.07) is 21.3. The molecule has 0 saturated carbocycles. The van der Waals surface area contributed by atoms with Gasteiger partial charge in [-0.1, -0.05) is 80.4 Å². The fourth-order valence-electron chi connectivity index (χ4n) is 3.23. The van der Waals surface area contributed by atoms with Crippen LogP contribution in [-0.2, 0) is 19.4 Å². The third kappa shape index (κ3) is 5.06. The minimum atomic E-state index is 1.04. The van der Waals surface area contributed by atoms with Crippen molar-refractivity contribution in [3.8, 4) is 11.4 Å². The smallest absolute Gasteiger partial charge is 0.140 e. The van der Waals surface area contributed by atoms with Crippen molar-refractivity contribution in [1.29, 1.82) is 0 Å². The molecule has 1 heterocycles. The van der Waals surface area contributed by atoms with Crippen LogP contribution in [0.25, 0.3) is 11.4 Å². The molecule has 2 aromatic carbocycles. The molecule has 0 radical (unpaired) electrons. The number of rotatable bonds is 9. The summed E-state index contributed by atoms with van der Waals surface area (Å²) in [6.45, 7) is 3.31. The Balaban J connectivity index is 1.69. The summed E-state index contributed by atoms with van der Waals surface area (Å²) in [5, 5.41) is 0. The first kappa shape index (κ1) is 17.5. The van der Waals surface area contributed by atoms with Crippen molar-refractivity contribution in [2.75, 3.05) is 0 Å². The Hall–Kier alpha value is -2.35. The van der Waals surface area contributed by atoms with Crippen molar-refractivity contribution < 1.29 is 0 Å². The minimum Gasteiger partial charge on any atom is -0.331 e. The average Bonchev–Trinajstić information content (AvgIpc) is 3.07. The molecule has 2 nitrogen and oxygen atoms in total. The summed E-state index contributed by atoms with van der Waals surface area (Å²) in [5.74, 6) is 1.12. The van der Waals surface area contributed by atoms with E-state index in [-0.39, 0.29) is 0 Å². The van der Waals surface area contributed by atoms with Gasteiger partial charge in [0.25, 0.3) is 0 Å². The molecule has 0 saturated heterocycles. The van der Waals surface area contributed by atoms with Crippen molar-refractivity contribution >= 4 is 0 Å². The van der Waals surface area contributed by atoms with Crippen LogP contribution >= 0.6 is 0 Å². The van der Waals surface area contributed by atoms with Crippen LogP contribution in [0.2, 0.25) is 0 Å². The summed E-state index contributed by atoms with van der Waals surface area (Å²) in [6.07, 6.45) is 9.30. The molecule has 2 heteroatoms. The van der Waals surface area contributed by atoms with Crippen LogP contribution in [0.1, 0.15) is 43.9 Å². The average molecular weight is 332 g/mol. The quantitative estimate of drug-likeness (QED) is 0.445. The fraction of sp³-hybridized carbons (Fsp3) is 0.348. The zero-order valence-corrected chi connectivity index (χ0v) is 15.2. The summed E-state index contributed by atoms with van der Waals surface area (Å²) in [7, 11) is 0. The largest absolute Gasteiger partial charge is 0.331 e. The monoisotopic (exact) mass is 332 g/mol. The highest BCUT2D eigenvalue weighted by molar-refractivity contribution is 5.55. The van der Waals surface area contributed by atoms with Crippen molar-refractivity contribution in [3.05, 3.63) is 78.1 Å². The van der Waals surface area contributed by atoms with Gasteiger partial charge in [-0.15, -0.1) is 0 Å². The molecule has 0 aliphatic heterocycles. The molecule has 130 valence electrons. The lowest BCUT2D eigenvalue weighted by Crippen LogP contribution is -1.99. The predicted octanol–water partition coefficient (Wildman–Crippen LogP) is 5.92.